The molecule has 1 aromatic carbocycles. The lowest BCUT2D eigenvalue weighted by molar-refractivity contribution is 0.150. The van der Waals surface area contributed by atoms with E-state index in [2.05, 4.69) is 4.98 Å². The third-order valence-corrected chi connectivity index (χ3v) is 3.26. The Labute approximate surface area is 104 Å². The summed E-state index contributed by atoms with van der Waals surface area (Å²) in [5.41, 5.74) is 1.89. The molecule has 0 saturated heterocycles. The van der Waals surface area contributed by atoms with Crippen LogP contribution in [0.5, 0.6) is 0 Å². The monoisotopic (exact) mass is 249 g/mol. The van der Waals surface area contributed by atoms with Crippen LogP contribution < -0.4 is 0 Å². The summed E-state index contributed by atoms with van der Waals surface area (Å²) in [7, 11) is 0. The van der Waals surface area contributed by atoms with E-state index in [9.17, 15) is 5.11 Å². The molecule has 1 unspecified atom stereocenters. The molecule has 0 spiro atoms. The van der Waals surface area contributed by atoms with Crippen molar-refractivity contribution in [2.75, 3.05) is 0 Å². The fourth-order valence-electron chi connectivity index (χ4n) is 2.07. The molecule has 0 fully saturated rings. The highest BCUT2D eigenvalue weighted by molar-refractivity contribution is 6.30. The Hall–Kier alpha value is -1.32. The summed E-state index contributed by atoms with van der Waals surface area (Å²) >= 11 is 5.84. The Bertz CT molecular complexity index is 533. The van der Waals surface area contributed by atoms with Crippen LogP contribution in [-0.4, -0.2) is 16.2 Å². The maximum atomic E-state index is 9.57. The van der Waals surface area contributed by atoms with Gasteiger partial charge in [-0.15, -0.1) is 0 Å². The van der Waals surface area contributed by atoms with Gasteiger partial charge < -0.3 is 9.52 Å². The largest absolute Gasteiger partial charge is 0.441 e. The molecule has 0 aliphatic heterocycles. The van der Waals surface area contributed by atoms with Gasteiger partial charge in [0.05, 0.1) is 11.8 Å². The van der Waals surface area contributed by atoms with Crippen molar-refractivity contribution in [3.63, 3.8) is 0 Å². The van der Waals surface area contributed by atoms with E-state index in [1.54, 1.807) is 0 Å². The molecule has 2 aromatic rings. The smallest absolute Gasteiger partial charge is 0.226 e. The van der Waals surface area contributed by atoms with Crippen LogP contribution in [0.4, 0.5) is 0 Å². The number of nitrogens with zero attached hydrogens (tertiary/aromatic N) is 1. The third kappa shape index (κ3) is 2.08. The lowest BCUT2D eigenvalue weighted by Gasteiger charge is -2.13. The minimum atomic E-state index is -0.298. The van der Waals surface area contributed by atoms with Crippen LogP contribution in [-0.2, 0) is 12.8 Å². The number of rotatable bonds is 1. The van der Waals surface area contributed by atoms with Crippen molar-refractivity contribution in [3.05, 3.63) is 40.7 Å². The summed E-state index contributed by atoms with van der Waals surface area (Å²) in [4.78, 5) is 4.46. The average Bonchev–Trinajstić information content (AvgIpc) is 2.72. The zero-order valence-corrected chi connectivity index (χ0v) is 9.94. The molecular formula is C13H12ClNO2. The number of aliphatic hydroxyl groups excluding tert-OH is 1. The third-order valence-electron chi connectivity index (χ3n) is 3.00. The Morgan fingerprint density at radius 2 is 2.06 bits per heavy atom. The normalized spacial score (nSPS) is 19.1. The first-order valence-electron chi connectivity index (χ1n) is 5.65. The second-order valence-electron chi connectivity index (χ2n) is 4.29. The number of hydrogen-bond acceptors (Lipinski definition) is 3. The molecule has 17 heavy (non-hydrogen) atoms. The van der Waals surface area contributed by atoms with Gasteiger partial charge in [-0.1, -0.05) is 11.6 Å². The van der Waals surface area contributed by atoms with E-state index in [1.165, 1.54) is 0 Å². The molecule has 1 aliphatic carbocycles. The zero-order valence-electron chi connectivity index (χ0n) is 9.19. The molecule has 3 rings (SSSR count). The van der Waals surface area contributed by atoms with Crippen LogP contribution in [0.2, 0.25) is 5.02 Å². The molecule has 88 valence electrons. The summed E-state index contributed by atoms with van der Waals surface area (Å²) in [6.07, 6.45) is 1.82. The molecule has 1 aliphatic rings. The quantitative estimate of drug-likeness (QED) is 0.845. The molecule has 3 nitrogen and oxygen atoms in total. The minimum Gasteiger partial charge on any atom is -0.441 e. The Morgan fingerprint density at radius 3 is 2.82 bits per heavy atom. The van der Waals surface area contributed by atoms with Crippen LogP contribution in [0, 0.1) is 0 Å². The fraction of sp³-hybridized carbons (Fsp3) is 0.308. The van der Waals surface area contributed by atoms with E-state index in [-0.39, 0.29) is 6.10 Å². The summed E-state index contributed by atoms with van der Waals surface area (Å²) in [5.74, 6) is 1.43. The predicted molar refractivity (Wildman–Crippen MR) is 65.0 cm³/mol. The van der Waals surface area contributed by atoms with Crippen molar-refractivity contribution >= 4 is 11.6 Å². The number of aliphatic hydroxyl groups is 1. The van der Waals surface area contributed by atoms with Crippen LogP contribution in [0.3, 0.4) is 0 Å². The van der Waals surface area contributed by atoms with Crippen molar-refractivity contribution < 1.29 is 9.52 Å². The predicted octanol–water partition coefficient (Wildman–Crippen LogP) is 2.84. The van der Waals surface area contributed by atoms with Crippen molar-refractivity contribution in [1.29, 1.82) is 0 Å². The topological polar surface area (TPSA) is 46.3 Å². The number of oxazole rings is 1. The highest BCUT2D eigenvalue weighted by Crippen LogP contribution is 2.28. The number of aromatic nitrogens is 1. The maximum absolute atomic E-state index is 9.57. The number of halogens is 1. The van der Waals surface area contributed by atoms with Gasteiger partial charge >= 0.3 is 0 Å². The van der Waals surface area contributed by atoms with Gasteiger partial charge in [-0.2, -0.15) is 0 Å². The molecule has 0 saturated carbocycles. The maximum Gasteiger partial charge on any atom is 0.226 e. The lowest BCUT2D eigenvalue weighted by Crippen LogP contribution is -2.17. The van der Waals surface area contributed by atoms with Gasteiger partial charge in [0.1, 0.15) is 5.76 Å². The van der Waals surface area contributed by atoms with Crippen molar-refractivity contribution in [2.24, 2.45) is 0 Å². The van der Waals surface area contributed by atoms with Gasteiger partial charge in [0, 0.05) is 17.0 Å². The van der Waals surface area contributed by atoms with Crippen molar-refractivity contribution in [2.45, 2.75) is 25.4 Å². The Balaban J connectivity index is 1.97. The summed E-state index contributed by atoms with van der Waals surface area (Å²) in [6.45, 7) is 0. The van der Waals surface area contributed by atoms with E-state index >= 15 is 0 Å². The van der Waals surface area contributed by atoms with E-state index in [1.807, 2.05) is 24.3 Å². The van der Waals surface area contributed by atoms with E-state index < -0.39 is 0 Å². The molecular weight excluding hydrogens is 238 g/mol. The second kappa shape index (κ2) is 4.17. The van der Waals surface area contributed by atoms with Gasteiger partial charge in [-0.25, -0.2) is 4.98 Å². The van der Waals surface area contributed by atoms with Crippen molar-refractivity contribution in [1.82, 2.24) is 4.98 Å². The van der Waals surface area contributed by atoms with Crippen LogP contribution in [0.15, 0.2) is 28.7 Å². The summed E-state index contributed by atoms with van der Waals surface area (Å²) < 4.78 is 5.69. The molecule has 0 amide bonds. The van der Waals surface area contributed by atoms with Crippen LogP contribution in [0.25, 0.3) is 11.5 Å². The van der Waals surface area contributed by atoms with E-state index in [0.717, 1.165) is 29.9 Å². The Morgan fingerprint density at radius 1 is 1.29 bits per heavy atom. The molecule has 1 aromatic heterocycles. The zero-order chi connectivity index (χ0) is 11.8. The highest BCUT2D eigenvalue weighted by Gasteiger charge is 2.22. The summed E-state index contributed by atoms with van der Waals surface area (Å²) in [6, 6.07) is 7.40. The van der Waals surface area contributed by atoms with Crippen LogP contribution >= 0.6 is 11.6 Å². The van der Waals surface area contributed by atoms with E-state index in [0.29, 0.717) is 17.3 Å². The SMILES string of the molecule is OC1CCc2nc(-c3ccc(Cl)cc3)oc2C1. The highest BCUT2D eigenvalue weighted by atomic mass is 35.5. The molecule has 4 heteroatoms. The van der Waals surface area contributed by atoms with Gasteiger partial charge in [0.2, 0.25) is 5.89 Å². The summed E-state index contributed by atoms with van der Waals surface area (Å²) in [5, 5.41) is 10.3. The molecule has 0 bridgehead atoms. The Kier molecular flexibility index (Phi) is 2.65. The number of fused-ring (bicyclic) bond motifs is 1. The fourth-order valence-corrected chi connectivity index (χ4v) is 2.20. The average molecular weight is 250 g/mol. The minimum absolute atomic E-state index is 0.298. The molecule has 1 atom stereocenters. The molecule has 1 heterocycles. The first-order chi connectivity index (χ1) is 8.22. The van der Waals surface area contributed by atoms with Gasteiger partial charge in [0.15, 0.2) is 0 Å². The van der Waals surface area contributed by atoms with Crippen molar-refractivity contribution in [3.8, 4) is 11.5 Å². The second-order valence-corrected chi connectivity index (χ2v) is 4.73. The van der Waals surface area contributed by atoms with Crippen LogP contribution in [0.1, 0.15) is 17.9 Å². The van der Waals surface area contributed by atoms with Gasteiger partial charge in [-0.05, 0) is 37.1 Å². The standard InChI is InChI=1S/C13H12ClNO2/c14-9-3-1-8(2-4-9)13-15-11-6-5-10(16)7-12(11)17-13/h1-4,10,16H,5-7H2. The molecule has 1 N–H and O–H groups in total. The van der Waals surface area contributed by atoms with Gasteiger partial charge in [-0.3, -0.25) is 0 Å². The van der Waals surface area contributed by atoms with E-state index in [4.69, 9.17) is 16.0 Å². The first-order valence-corrected chi connectivity index (χ1v) is 6.03. The first kappa shape index (κ1) is 10.8. The van der Waals surface area contributed by atoms with Gasteiger partial charge in [0.25, 0.3) is 0 Å². The number of aryl methyl sites for hydroxylation is 1. The molecule has 0 radical (unpaired) electrons. The number of hydrogen-bond donors (Lipinski definition) is 1. The lowest BCUT2D eigenvalue weighted by atomic mass is 9.99. The number of benzene rings is 1.